The summed E-state index contributed by atoms with van der Waals surface area (Å²) < 4.78 is 0. The van der Waals surface area contributed by atoms with Gasteiger partial charge in [-0.3, -0.25) is 19.7 Å². The number of nitro benzene ring substituents is 1. The van der Waals surface area contributed by atoms with Crippen LogP contribution in [0.5, 0.6) is 0 Å². The van der Waals surface area contributed by atoms with Gasteiger partial charge in [0, 0.05) is 36.6 Å². The molecule has 0 radical (unpaired) electrons. The predicted octanol–water partition coefficient (Wildman–Crippen LogP) is 3.08. The molecule has 0 saturated carbocycles. The van der Waals surface area contributed by atoms with Crippen molar-refractivity contribution >= 4 is 11.6 Å². The number of rotatable bonds is 4. The van der Waals surface area contributed by atoms with Gasteiger partial charge in [-0.05, 0) is 25.5 Å². The van der Waals surface area contributed by atoms with Crippen LogP contribution in [-0.2, 0) is 19.4 Å². The van der Waals surface area contributed by atoms with Crippen molar-refractivity contribution in [2.24, 2.45) is 0 Å². The van der Waals surface area contributed by atoms with E-state index in [4.69, 9.17) is 0 Å². The third-order valence-corrected chi connectivity index (χ3v) is 5.51. The molecule has 1 aliphatic heterocycles. The Morgan fingerprint density at radius 2 is 2.03 bits per heavy atom. The largest absolute Gasteiger partial charge is 0.334 e. The maximum Gasteiger partial charge on any atom is 0.273 e. The second-order valence-electron chi connectivity index (χ2n) is 7.84. The number of hydrogen-bond acceptors (Lipinski definition) is 5. The van der Waals surface area contributed by atoms with Crippen LogP contribution in [0.2, 0.25) is 0 Å². The minimum absolute atomic E-state index is 0.0939. The Morgan fingerprint density at radius 3 is 2.77 bits per heavy atom. The molecule has 0 atom stereocenters. The number of aromatic amines is 1. The zero-order valence-corrected chi connectivity index (χ0v) is 17.3. The molecule has 1 aliphatic rings. The van der Waals surface area contributed by atoms with E-state index in [1.54, 1.807) is 19.1 Å². The van der Waals surface area contributed by atoms with E-state index in [1.165, 1.54) is 11.0 Å². The second kappa shape index (κ2) is 8.14. The highest BCUT2D eigenvalue weighted by atomic mass is 16.6. The van der Waals surface area contributed by atoms with Gasteiger partial charge in [-0.25, -0.2) is 4.98 Å². The Balaban J connectivity index is 1.56. The normalized spacial score (nSPS) is 13.0. The fourth-order valence-corrected chi connectivity index (χ4v) is 3.87. The molecule has 0 spiro atoms. The molecule has 2 heterocycles. The van der Waals surface area contributed by atoms with E-state index in [0.29, 0.717) is 42.0 Å². The molecule has 0 bridgehead atoms. The number of carbonyl (C=O) groups is 1. The first kappa shape index (κ1) is 20.5. The lowest BCUT2D eigenvalue weighted by Crippen LogP contribution is -2.39. The number of nitrogens with zero attached hydrogens (tertiary/aromatic N) is 3. The zero-order valence-electron chi connectivity index (χ0n) is 17.3. The van der Waals surface area contributed by atoms with Gasteiger partial charge in [0.15, 0.2) is 0 Å². The summed E-state index contributed by atoms with van der Waals surface area (Å²) in [6, 6.07) is 12.5. The van der Waals surface area contributed by atoms with Gasteiger partial charge in [0.1, 0.15) is 5.82 Å². The van der Waals surface area contributed by atoms with Crippen molar-refractivity contribution < 1.29 is 9.72 Å². The van der Waals surface area contributed by atoms with Gasteiger partial charge in [-0.15, -0.1) is 0 Å². The Bertz CT molecular complexity index is 1250. The van der Waals surface area contributed by atoms with Crippen LogP contribution in [-0.4, -0.2) is 32.2 Å². The van der Waals surface area contributed by atoms with Crippen LogP contribution in [0.25, 0.3) is 0 Å². The molecule has 31 heavy (non-hydrogen) atoms. The maximum absolute atomic E-state index is 12.9. The van der Waals surface area contributed by atoms with Gasteiger partial charge in [-0.2, -0.15) is 0 Å². The monoisotopic (exact) mass is 418 g/mol. The average molecular weight is 418 g/mol. The highest BCUT2D eigenvalue weighted by Crippen LogP contribution is 2.22. The van der Waals surface area contributed by atoms with Crippen molar-refractivity contribution in [3.63, 3.8) is 0 Å². The van der Waals surface area contributed by atoms with Gasteiger partial charge in [0.05, 0.1) is 22.7 Å². The van der Waals surface area contributed by atoms with Crippen LogP contribution < -0.4 is 5.56 Å². The molecular formula is C23H22N4O4. The number of benzene rings is 2. The molecule has 3 aromatic rings. The first-order valence-electron chi connectivity index (χ1n) is 10.0. The molecule has 2 aromatic carbocycles. The summed E-state index contributed by atoms with van der Waals surface area (Å²) in [6.07, 6.45) is 0.986. The average Bonchev–Trinajstić information content (AvgIpc) is 2.73. The highest BCUT2D eigenvalue weighted by Gasteiger charge is 2.26. The van der Waals surface area contributed by atoms with Gasteiger partial charge >= 0.3 is 0 Å². The van der Waals surface area contributed by atoms with E-state index in [9.17, 15) is 19.7 Å². The Kier molecular flexibility index (Phi) is 5.37. The van der Waals surface area contributed by atoms with E-state index in [2.05, 4.69) is 16.0 Å². The van der Waals surface area contributed by atoms with Gasteiger partial charge in [-0.1, -0.05) is 35.9 Å². The second-order valence-corrected chi connectivity index (χ2v) is 7.84. The standard InChI is InChI=1S/C23H22N4O4/c1-14-4-3-5-16(10-14)11-21-24-19-8-9-26(13-18(19)22(28)25-21)23(29)17-7-6-15(2)20(12-17)27(30)31/h3-7,10,12H,8-9,11,13H2,1-2H3,(H,24,25,28). The summed E-state index contributed by atoms with van der Waals surface area (Å²) in [4.78, 5) is 45.3. The van der Waals surface area contributed by atoms with Crippen LogP contribution in [0.1, 0.15) is 44.1 Å². The molecule has 158 valence electrons. The number of aryl methyl sites for hydroxylation is 2. The summed E-state index contributed by atoms with van der Waals surface area (Å²) in [5.41, 5.74) is 3.76. The van der Waals surface area contributed by atoms with E-state index in [1.807, 2.05) is 25.1 Å². The molecule has 1 amide bonds. The quantitative estimate of drug-likeness (QED) is 0.517. The smallest absolute Gasteiger partial charge is 0.273 e. The van der Waals surface area contributed by atoms with Crippen LogP contribution in [0.3, 0.4) is 0 Å². The van der Waals surface area contributed by atoms with Gasteiger partial charge in [0.2, 0.25) is 0 Å². The molecule has 1 N–H and O–H groups in total. The van der Waals surface area contributed by atoms with Crippen molar-refractivity contribution in [1.82, 2.24) is 14.9 Å². The van der Waals surface area contributed by atoms with Crippen molar-refractivity contribution in [1.29, 1.82) is 0 Å². The Morgan fingerprint density at radius 1 is 1.23 bits per heavy atom. The number of hydrogen-bond donors (Lipinski definition) is 1. The molecule has 0 fully saturated rings. The fourth-order valence-electron chi connectivity index (χ4n) is 3.87. The molecule has 1 aromatic heterocycles. The molecule has 0 saturated heterocycles. The van der Waals surface area contributed by atoms with Crippen LogP contribution in [0, 0.1) is 24.0 Å². The first-order valence-corrected chi connectivity index (χ1v) is 10.0. The molecule has 0 unspecified atom stereocenters. The lowest BCUT2D eigenvalue weighted by molar-refractivity contribution is -0.385. The Labute approximate surface area is 178 Å². The van der Waals surface area contributed by atoms with Gasteiger partial charge in [0.25, 0.3) is 17.2 Å². The number of nitrogens with one attached hydrogen (secondary N) is 1. The number of nitro groups is 1. The Hall–Kier alpha value is -3.81. The third kappa shape index (κ3) is 4.23. The minimum Gasteiger partial charge on any atom is -0.334 e. The number of amides is 1. The molecule has 8 nitrogen and oxygen atoms in total. The maximum atomic E-state index is 12.9. The summed E-state index contributed by atoms with van der Waals surface area (Å²) in [5.74, 6) is 0.264. The highest BCUT2D eigenvalue weighted by molar-refractivity contribution is 5.95. The molecular weight excluding hydrogens is 396 g/mol. The lowest BCUT2D eigenvalue weighted by atomic mass is 10.0. The third-order valence-electron chi connectivity index (χ3n) is 5.51. The zero-order chi connectivity index (χ0) is 22.1. The van der Waals surface area contributed by atoms with Crippen molar-refractivity contribution in [3.05, 3.63) is 102 Å². The van der Waals surface area contributed by atoms with Crippen molar-refractivity contribution in [3.8, 4) is 0 Å². The fraction of sp³-hybridized carbons (Fsp3) is 0.261. The van der Waals surface area contributed by atoms with Crippen molar-refractivity contribution in [2.45, 2.75) is 33.2 Å². The summed E-state index contributed by atoms with van der Waals surface area (Å²) >= 11 is 0. The van der Waals surface area contributed by atoms with E-state index < -0.39 is 4.92 Å². The molecule has 0 aliphatic carbocycles. The van der Waals surface area contributed by atoms with Crippen molar-refractivity contribution in [2.75, 3.05) is 6.54 Å². The van der Waals surface area contributed by atoms with Crippen LogP contribution in [0.4, 0.5) is 5.69 Å². The minimum atomic E-state index is -0.498. The summed E-state index contributed by atoms with van der Waals surface area (Å²) in [5, 5.41) is 11.2. The first-order chi connectivity index (χ1) is 14.8. The lowest BCUT2D eigenvalue weighted by Gasteiger charge is -2.28. The van der Waals surface area contributed by atoms with Gasteiger partial charge < -0.3 is 9.88 Å². The topological polar surface area (TPSA) is 109 Å². The van der Waals surface area contributed by atoms with E-state index in [-0.39, 0.29) is 29.3 Å². The summed E-state index contributed by atoms with van der Waals surface area (Å²) in [7, 11) is 0. The van der Waals surface area contributed by atoms with Crippen LogP contribution >= 0.6 is 0 Å². The number of aromatic nitrogens is 2. The SMILES string of the molecule is Cc1cccc(Cc2nc3c(c(=O)[nH]2)CN(C(=O)c2ccc(C)c([N+](=O)[O-])c2)CC3)c1. The predicted molar refractivity (Wildman–Crippen MR) is 115 cm³/mol. The molecule has 4 rings (SSSR count). The molecule has 8 heteroatoms. The number of H-pyrrole nitrogens is 1. The van der Waals surface area contributed by atoms with E-state index in [0.717, 1.165) is 11.1 Å². The summed E-state index contributed by atoms with van der Waals surface area (Å²) in [6.45, 7) is 4.17. The number of fused-ring (bicyclic) bond motifs is 1. The number of carbonyl (C=O) groups excluding carboxylic acids is 1. The van der Waals surface area contributed by atoms with Crippen LogP contribution in [0.15, 0.2) is 47.3 Å². The van der Waals surface area contributed by atoms with E-state index >= 15 is 0 Å².